The van der Waals surface area contributed by atoms with Crippen molar-refractivity contribution in [2.45, 2.75) is 25.7 Å². The quantitative estimate of drug-likeness (QED) is 0.506. The first kappa shape index (κ1) is 17.9. The van der Waals surface area contributed by atoms with E-state index in [1.54, 1.807) is 43.3 Å². The van der Waals surface area contributed by atoms with Crippen molar-refractivity contribution in [2.75, 3.05) is 7.11 Å². The largest absolute Gasteiger partial charge is 0.497 e. The summed E-state index contributed by atoms with van der Waals surface area (Å²) in [6.45, 7) is 1.64. The van der Waals surface area contributed by atoms with Gasteiger partial charge in [0.25, 0.3) is 0 Å². The molecule has 0 bridgehead atoms. The number of ether oxygens (including phenoxy) is 4. The minimum Gasteiger partial charge on any atom is -0.497 e. The second-order valence-corrected chi connectivity index (χ2v) is 6.37. The van der Waals surface area contributed by atoms with Crippen molar-refractivity contribution in [1.29, 1.82) is 0 Å². The number of hydrogen-bond donors (Lipinski definition) is 0. The van der Waals surface area contributed by atoms with E-state index in [4.69, 9.17) is 23.4 Å². The molecule has 2 unspecified atom stereocenters. The number of esters is 1. The van der Waals surface area contributed by atoms with Gasteiger partial charge in [-0.1, -0.05) is 12.1 Å². The molecule has 2 aromatic carbocycles. The number of carbonyl (C=O) groups excluding carboxylic acids is 1. The molecule has 7 heteroatoms. The maximum absolute atomic E-state index is 12.6. The standard InChI is InChI=1S/C21H18O7/c1-12-20(28-17-6-4-3-5-16(17)26-12)21(23)25-11-13-9-19(22)27-18-10-14(24-2)7-8-15(13)18/h3-10,12,20H,11H2,1-2H3. The lowest BCUT2D eigenvalue weighted by Gasteiger charge is -2.30. The van der Waals surface area contributed by atoms with Crippen molar-refractivity contribution in [3.8, 4) is 17.2 Å². The molecule has 2 atom stereocenters. The van der Waals surface area contributed by atoms with E-state index >= 15 is 0 Å². The molecule has 0 fully saturated rings. The zero-order chi connectivity index (χ0) is 19.7. The number of fused-ring (bicyclic) bond motifs is 2. The van der Waals surface area contributed by atoms with E-state index in [1.807, 2.05) is 6.07 Å². The SMILES string of the molecule is COc1ccc2c(COC(=O)C3Oc4ccccc4OC3C)cc(=O)oc2c1. The third-order valence-corrected chi connectivity index (χ3v) is 4.48. The Bertz CT molecular complexity index is 1090. The molecule has 144 valence electrons. The first-order valence-corrected chi connectivity index (χ1v) is 8.75. The van der Waals surface area contributed by atoms with Crippen LogP contribution >= 0.6 is 0 Å². The Morgan fingerprint density at radius 3 is 2.57 bits per heavy atom. The van der Waals surface area contributed by atoms with Crippen molar-refractivity contribution in [2.24, 2.45) is 0 Å². The minimum absolute atomic E-state index is 0.0957. The van der Waals surface area contributed by atoms with Crippen LogP contribution in [0, 0.1) is 0 Å². The molecule has 0 aliphatic carbocycles. The van der Waals surface area contributed by atoms with Crippen molar-refractivity contribution >= 4 is 16.9 Å². The second-order valence-electron chi connectivity index (χ2n) is 6.37. The Morgan fingerprint density at radius 1 is 1.07 bits per heavy atom. The topological polar surface area (TPSA) is 84.2 Å². The summed E-state index contributed by atoms with van der Waals surface area (Å²) < 4.78 is 27.2. The highest BCUT2D eigenvalue weighted by molar-refractivity contribution is 5.82. The Kier molecular flexibility index (Phi) is 4.65. The van der Waals surface area contributed by atoms with Crippen LogP contribution in [0.2, 0.25) is 0 Å². The highest BCUT2D eigenvalue weighted by atomic mass is 16.6. The molecule has 7 nitrogen and oxygen atoms in total. The van der Waals surface area contributed by atoms with Gasteiger partial charge in [0.05, 0.1) is 7.11 Å². The normalized spacial score (nSPS) is 17.9. The fourth-order valence-electron chi connectivity index (χ4n) is 3.07. The van der Waals surface area contributed by atoms with Gasteiger partial charge >= 0.3 is 11.6 Å². The lowest BCUT2D eigenvalue weighted by Crippen LogP contribution is -2.44. The highest BCUT2D eigenvalue weighted by Gasteiger charge is 2.35. The van der Waals surface area contributed by atoms with Crippen LogP contribution in [0.3, 0.4) is 0 Å². The molecule has 4 rings (SSSR count). The summed E-state index contributed by atoms with van der Waals surface area (Å²) in [5, 5.41) is 0.660. The maximum Gasteiger partial charge on any atom is 0.351 e. The molecule has 0 radical (unpaired) electrons. The number of hydrogen-bond acceptors (Lipinski definition) is 7. The van der Waals surface area contributed by atoms with Crippen molar-refractivity contribution in [1.82, 2.24) is 0 Å². The molecule has 1 aliphatic heterocycles. The van der Waals surface area contributed by atoms with Crippen LogP contribution in [0.5, 0.6) is 17.2 Å². The predicted octanol–water partition coefficient (Wildman–Crippen LogP) is 3.07. The van der Waals surface area contributed by atoms with Crippen LogP contribution in [0.1, 0.15) is 12.5 Å². The molecule has 0 saturated carbocycles. The molecule has 1 aliphatic rings. The van der Waals surface area contributed by atoms with E-state index in [2.05, 4.69) is 0 Å². The molecule has 28 heavy (non-hydrogen) atoms. The summed E-state index contributed by atoms with van der Waals surface area (Å²) in [7, 11) is 1.52. The first-order valence-electron chi connectivity index (χ1n) is 8.75. The lowest BCUT2D eigenvalue weighted by molar-refractivity contribution is -0.159. The molecule has 0 spiro atoms. The van der Waals surface area contributed by atoms with Crippen LogP contribution in [-0.2, 0) is 16.1 Å². The molecular formula is C21H18O7. The minimum atomic E-state index is -0.902. The predicted molar refractivity (Wildman–Crippen MR) is 99.8 cm³/mol. The van der Waals surface area contributed by atoms with Gasteiger partial charge in [-0.25, -0.2) is 9.59 Å². The van der Waals surface area contributed by atoms with E-state index in [-0.39, 0.29) is 6.61 Å². The average molecular weight is 382 g/mol. The molecule has 0 amide bonds. The Morgan fingerprint density at radius 2 is 1.82 bits per heavy atom. The number of carbonyl (C=O) groups is 1. The van der Waals surface area contributed by atoms with E-state index in [9.17, 15) is 9.59 Å². The summed E-state index contributed by atoms with van der Waals surface area (Å²) in [4.78, 5) is 24.4. The van der Waals surface area contributed by atoms with Gasteiger partial charge in [-0.2, -0.15) is 0 Å². The number of rotatable bonds is 4. The van der Waals surface area contributed by atoms with Gasteiger partial charge in [0.2, 0.25) is 6.10 Å². The monoisotopic (exact) mass is 382 g/mol. The summed E-state index contributed by atoms with van der Waals surface area (Å²) in [5.74, 6) is 1.06. The van der Waals surface area contributed by atoms with E-state index in [1.165, 1.54) is 13.2 Å². The van der Waals surface area contributed by atoms with Crippen molar-refractivity contribution < 1.29 is 28.2 Å². The van der Waals surface area contributed by atoms with Gasteiger partial charge in [-0.15, -0.1) is 0 Å². The smallest absolute Gasteiger partial charge is 0.351 e. The zero-order valence-electron chi connectivity index (χ0n) is 15.3. The number of para-hydroxylation sites is 2. The Hall–Kier alpha value is -3.48. The summed E-state index contributed by atoms with van der Waals surface area (Å²) in [5.41, 5.74) is 0.357. The van der Waals surface area contributed by atoms with Crippen LogP contribution in [-0.4, -0.2) is 25.3 Å². The van der Waals surface area contributed by atoms with Crippen molar-refractivity contribution in [3.05, 3.63) is 64.5 Å². The number of benzene rings is 2. The van der Waals surface area contributed by atoms with Crippen molar-refractivity contribution in [3.63, 3.8) is 0 Å². The fourth-order valence-corrected chi connectivity index (χ4v) is 3.07. The lowest BCUT2D eigenvalue weighted by atomic mass is 10.1. The molecular weight excluding hydrogens is 364 g/mol. The van der Waals surface area contributed by atoms with Crippen LogP contribution in [0.4, 0.5) is 0 Å². The van der Waals surface area contributed by atoms with Crippen LogP contribution < -0.4 is 19.8 Å². The third-order valence-electron chi connectivity index (χ3n) is 4.48. The summed E-state index contributed by atoms with van der Waals surface area (Å²) >= 11 is 0. The van der Waals surface area contributed by atoms with Gasteiger partial charge in [-0.05, 0) is 31.2 Å². The Balaban J connectivity index is 1.53. The van der Waals surface area contributed by atoms with Gasteiger partial charge in [0.1, 0.15) is 24.0 Å². The first-order chi connectivity index (χ1) is 13.5. The molecule has 3 aromatic rings. The van der Waals surface area contributed by atoms with E-state index in [0.717, 1.165) is 0 Å². The van der Waals surface area contributed by atoms with Gasteiger partial charge in [-0.3, -0.25) is 0 Å². The van der Waals surface area contributed by atoms with E-state index in [0.29, 0.717) is 33.8 Å². The van der Waals surface area contributed by atoms with Crippen LogP contribution in [0.15, 0.2) is 57.7 Å². The summed E-state index contributed by atoms with van der Waals surface area (Å²) in [6, 6.07) is 13.5. The molecule has 0 N–H and O–H groups in total. The third kappa shape index (κ3) is 3.38. The average Bonchev–Trinajstić information content (AvgIpc) is 2.70. The molecule has 2 heterocycles. The second kappa shape index (κ2) is 7.26. The molecule has 0 saturated heterocycles. The molecule has 1 aromatic heterocycles. The Labute approximate surface area is 160 Å². The van der Waals surface area contributed by atoms with Gasteiger partial charge in [0, 0.05) is 23.1 Å². The van der Waals surface area contributed by atoms with Gasteiger partial charge < -0.3 is 23.4 Å². The highest BCUT2D eigenvalue weighted by Crippen LogP contribution is 2.34. The van der Waals surface area contributed by atoms with Gasteiger partial charge in [0.15, 0.2) is 11.5 Å². The maximum atomic E-state index is 12.6. The van der Waals surface area contributed by atoms with E-state index < -0.39 is 23.8 Å². The zero-order valence-corrected chi connectivity index (χ0v) is 15.3. The van der Waals surface area contributed by atoms with Crippen LogP contribution in [0.25, 0.3) is 11.0 Å². The summed E-state index contributed by atoms with van der Waals surface area (Å²) in [6.07, 6.45) is -1.41. The number of methoxy groups -OCH3 is 1. The fraction of sp³-hybridized carbons (Fsp3) is 0.238.